The second-order valence-corrected chi connectivity index (χ2v) is 12.3. The Balaban J connectivity index is 0.000000321. The van der Waals surface area contributed by atoms with Crippen molar-refractivity contribution >= 4 is 12.4 Å². The van der Waals surface area contributed by atoms with E-state index in [9.17, 15) is 19.0 Å². The molecule has 0 aliphatic rings. The van der Waals surface area contributed by atoms with Crippen molar-refractivity contribution in [2.75, 3.05) is 13.1 Å². The van der Waals surface area contributed by atoms with Crippen molar-refractivity contribution in [3.05, 3.63) is 169 Å². The summed E-state index contributed by atoms with van der Waals surface area (Å²) in [5, 5.41) is 19.3. The summed E-state index contributed by atoms with van der Waals surface area (Å²) in [5.74, 6) is 0.0182. The Morgan fingerprint density at radius 2 is 0.857 bits per heavy atom. The van der Waals surface area contributed by atoms with Gasteiger partial charge in [0.25, 0.3) is 0 Å². The van der Waals surface area contributed by atoms with Crippen molar-refractivity contribution in [2.24, 2.45) is 9.98 Å². The van der Waals surface area contributed by atoms with E-state index in [1.165, 1.54) is 62.8 Å². The van der Waals surface area contributed by atoms with Gasteiger partial charge in [-0.2, -0.15) is 0 Å². The van der Waals surface area contributed by atoms with Gasteiger partial charge in [-0.05, 0) is 60.6 Å². The topological polar surface area (TPSA) is 91.0 Å². The zero-order valence-corrected chi connectivity index (χ0v) is 35.8. The van der Waals surface area contributed by atoms with Crippen molar-refractivity contribution < 1.29 is 59.2 Å². The number of aliphatic imine (C=N–C) groups is 2. The third kappa shape index (κ3) is 18.7. The van der Waals surface area contributed by atoms with Crippen LogP contribution in [0.1, 0.15) is 62.5 Å². The first-order valence-electron chi connectivity index (χ1n) is 18.2. The molecule has 4 aromatic carbocycles. The smallest absolute Gasteiger partial charge is 0.124 e. The van der Waals surface area contributed by atoms with Gasteiger partial charge in [0.15, 0.2) is 0 Å². The number of rotatable bonds is 15. The molecule has 0 aliphatic carbocycles. The Bertz CT molecular complexity index is 1820. The van der Waals surface area contributed by atoms with Crippen molar-refractivity contribution in [2.45, 2.75) is 51.4 Å². The van der Waals surface area contributed by atoms with E-state index in [2.05, 4.69) is 32.1 Å². The first-order chi connectivity index (χ1) is 26.5. The molecule has 0 amide bonds. The largest absolute Gasteiger partial charge is 0.507 e. The number of para-hydroxylation sites is 2. The first-order valence-corrected chi connectivity index (χ1v) is 18.2. The van der Waals surface area contributed by atoms with E-state index in [0.29, 0.717) is 0 Å². The molecule has 2 radical (unpaired) electrons. The van der Waals surface area contributed by atoms with Gasteiger partial charge in [0.2, 0.25) is 0 Å². The fourth-order valence-corrected chi connectivity index (χ4v) is 5.16. The Labute approximate surface area is 356 Å². The Morgan fingerprint density at radius 1 is 0.482 bits per heavy atom. The van der Waals surface area contributed by atoms with Crippen LogP contribution in [0, 0.1) is 23.8 Å². The standard InChI is InChI=1S/C24H32N2O2.2C11H7FN.2Ir/c27-23-15-9-7-13-21(23)19-25-17-11-5-3-1-2-4-6-12-18-26-20-22-14-8-10-16-24(22)28;2*12-10-6-4-9(5-7-10)11-3-1-2-8-13-11;;/h7-10,13-16,19-20,27-28H,1-6,11-12,17-18H2;2*1-4,6-8H;;/q;2*-1;;. The number of phenolic OH excluding ortho intramolecular Hbond substituents is 2. The minimum atomic E-state index is -0.278. The van der Waals surface area contributed by atoms with Crippen LogP contribution in [0.2, 0.25) is 0 Å². The maximum Gasteiger partial charge on any atom is 0.124 e. The van der Waals surface area contributed by atoms with Crippen LogP contribution >= 0.6 is 0 Å². The summed E-state index contributed by atoms with van der Waals surface area (Å²) in [7, 11) is 0. The Kier molecular flexibility index (Phi) is 24.3. The summed E-state index contributed by atoms with van der Waals surface area (Å²) in [5.41, 5.74) is 4.80. The number of aromatic nitrogens is 2. The van der Waals surface area contributed by atoms with Crippen molar-refractivity contribution in [1.29, 1.82) is 0 Å². The molecule has 0 fully saturated rings. The van der Waals surface area contributed by atoms with E-state index >= 15 is 0 Å². The maximum absolute atomic E-state index is 12.6. The third-order valence-electron chi connectivity index (χ3n) is 8.09. The van der Waals surface area contributed by atoms with E-state index in [-0.39, 0.29) is 63.3 Å². The number of aromatic hydroxyl groups is 2. The number of nitrogens with zero attached hydrogens (tertiary/aromatic N) is 4. The first kappa shape index (κ1) is 47.4. The fourth-order valence-electron chi connectivity index (χ4n) is 5.16. The molecule has 2 N–H and O–H groups in total. The predicted molar refractivity (Wildman–Crippen MR) is 215 cm³/mol. The summed E-state index contributed by atoms with van der Waals surface area (Å²) in [4.78, 5) is 17.0. The Morgan fingerprint density at radius 3 is 1.20 bits per heavy atom. The maximum atomic E-state index is 12.6. The molecule has 2 heterocycles. The van der Waals surface area contributed by atoms with E-state index < -0.39 is 0 Å². The molecule has 0 bridgehead atoms. The minimum Gasteiger partial charge on any atom is -0.507 e. The van der Waals surface area contributed by atoms with Gasteiger partial charge in [-0.25, -0.2) is 0 Å². The van der Waals surface area contributed by atoms with Gasteiger partial charge in [0, 0.05) is 101 Å². The van der Waals surface area contributed by atoms with Crippen molar-refractivity contribution in [3.8, 4) is 34.0 Å². The van der Waals surface area contributed by atoms with Crippen LogP contribution in [0.25, 0.3) is 22.5 Å². The number of benzene rings is 4. The summed E-state index contributed by atoms with van der Waals surface area (Å²) in [6.07, 6.45) is 16.6. The number of hydrogen-bond donors (Lipinski definition) is 2. The van der Waals surface area contributed by atoms with E-state index in [1.807, 2.05) is 72.8 Å². The molecule has 6 rings (SSSR count). The molecule has 2 aromatic heterocycles. The summed E-state index contributed by atoms with van der Waals surface area (Å²) in [6, 6.07) is 40.1. The summed E-state index contributed by atoms with van der Waals surface area (Å²) in [6.45, 7) is 1.65. The number of unbranched alkanes of at least 4 members (excludes halogenated alkanes) is 7. The number of pyridine rings is 2. The van der Waals surface area contributed by atoms with Gasteiger partial charge in [-0.15, -0.1) is 59.7 Å². The molecule has 0 unspecified atom stereocenters. The van der Waals surface area contributed by atoms with Gasteiger partial charge < -0.3 is 20.2 Å². The quantitative estimate of drug-likeness (QED) is 0.0609. The zero-order valence-electron chi connectivity index (χ0n) is 31.0. The Hall–Kier alpha value is -4.72. The van der Waals surface area contributed by atoms with E-state index in [4.69, 9.17) is 0 Å². The molecule has 6 nitrogen and oxygen atoms in total. The fraction of sp³-hybridized carbons (Fsp3) is 0.217. The van der Waals surface area contributed by atoms with Crippen LogP contribution in [0.5, 0.6) is 11.5 Å². The SMILES string of the molecule is Fc1c[c-]c(-c2ccccn2)cc1.Fc1c[c-]c(-c2ccccn2)cc1.Oc1ccccc1C=NCCCCCCCCCCN=Cc1ccccc1O.[Ir].[Ir]. The number of phenols is 2. The third-order valence-corrected chi connectivity index (χ3v) is 8.09. The molecule has 10 heteroatoms. The molecule has 0 saturated heterocycles. The molecule has 0 spiro atoms. The average Bonchev–Trinajstić information content (AvgIpc) is 3.21. The predicted octanol–water partition coefficient (Wildman–Crippen LogP) is 11.1. The van der Waals surface area contributed by atoms with Gasteiger partial charge in [0.05, 0.1) is 0 Å². The monoisotopic (exact) mass is 1110 g/mol. The molecule has 56 heavy (non-hydrogen) atoms. The summed E-state index contributed by atoms with van der Waals surface area (Å²) >= 11 is 0. The van der Waals surface area contributed by atoms with Crippen molar-refractivity contribution in [1.82, 2.24) is 9.97 Å². The zero-order chi connectivity index (χ0) is 38.1. The van der Waals surface area contributed by atoms with Crippen LogP contribution < -0.4 is 0 Å². The molecular formula is C46H46F2Ir2N4O2-2. The number of halogens is 2. The van der Waals surface area contributed by atoms with Crippen LogP contribution in [-0.2, 0) is 40.2 Å². The normalized spacial score (nSPS) is 10.4. The number of hydrogen-bond acceptors (Lipinski definition) is 6. The minimum absolute atomic E-state index is 0. The van der Waals surface area contributed by atoms with E-state index in [0.717, 1.165) is 59.6 Å². The summed E-state index contributed by atoms with van der Waals surface area (Å²) < 4.78 is 25.1. The second-order valence-electron chi connectivity index (χ2n) is 12.3. The molecular weight excluding hydrogens is 1060 g/mol. The van der Waals surface area contributed by atoms with E-state index in [1.54, 1.807) is 49.1 Å². The van der Waals surface area contributed by atoms with Gasteiger partial charge >= 0.3 is 0 Å². The molecule has 0 atom stereocenters. The second kappa shape index (κ2) is 28.7. The van der Waals surface area contributed by atoms with Crippen molar-refractivity contribution in [3.63, 3.8) is 0 Å². The van der Waals surface area contributed by atoms with Gasteiger partial charge in [-0.1, -0.05) is 87.1 Å². The van der Waals surface area contributed by atoms with Crippen LogP contribution in [0.15, 0.2) is 144 Å². The molecule has 0 aliphatic heterocycles. The van der Waals surface area contributed by atoms with Gasteiger partial charge in [-0.3, -0.25) is 18.8 Å². The van der Waals surface area contributed by atoms with Crippen LogP contribution in [-0.4, -0.2) is 45.7 Å². The van der Waals surface area contributed by atoms with Crippen LogP contribution in [0.3, 0.4) is 0 Å². The van der Waals surface area contributed by atoms with Crippen LogP contribution in [0.4, 0.5) is 8.78 Å². The average molecular weight is 1110 g/mol. The van der Waals surface area contributed by atoms with Gasteiger partial charge in [0.1, 0.15) is 11.5 Å². The molecule has 6 aromatic rings. The molecule has 296 valence electrons. The molecule has 0 saturated carbocycles.